The lowest BCUT2D eigenvalue weighted by molar-refractivity contribution is 0.107. The molecular weight excluding hydrogens is 210 g/mol. The van der Waals surface area contributed by atoms with Gasteiger partial charge < -0.3 is 9.64 Å². The standard InChI is InChI=1S/C15H23NO/c1-14(2,3)11-7-8-12-13(9-11)17-15(4,5)10-16(12)6/h7-9H,10H2,1-6H3. The van der Waals surface area contributed by atoms with Crippen molar-refractivity contribution in [3.8, 4) is 5.75 Å². The molecule has 0 N–H and O–H groups in total. The molecule has 94 valence electrons. The molecule has 0 saturated carbocycles. The molecule has 17 heavy (non-hydrogen) atoms. The van der Waals surface area contributed by atoms with Gasteiger partial charge in [0.15, 0.2) is 0 Å². The van der Waals surface area contributed by atoms with E-state index >= 15 is 0 Å². The zero-order chi connectivity index (χ0) is 12.8. The van der Waals surface area contributed by atoms with E-state index in [4.69, 9.17) is 4.74 Å². The first kappa shape index (κ1) is 12.3. The van der Waals surface area contributed by atoms with Gasteiger partial charge in [-0.1, -0.05) is 26.8 Å². The van der Waals surface area contributed by atoms with E-state index in [1.807, 2.05) is 0 Å². The van der Waals surface area contributed by atoms with Crippen LogP contribution in [0.1, 0.15) is 40.2 Å². The van der Waals surface area contributed by atoms with Gasteiger partial charge in [-0.3, -0.25) is 0 Å². The van der Waals surface area contributed by atoms with Crippen LogP contribution in [0.15, 0.2) is 18.2 Å². The lowest BCUT2D eigenvalue weighted by Crippen LogP contribution is -2.45. The number of fused-ring (bicyclic) bond motifs is 1. The minimum atomic E-state index is -0.113. The average Bonchev–Trinajstić information content (AvgIpc) is 2.13. The normalized spacial score (nSPS) is 18.6. The van der Waals surface area contributed by atoms with Crippen molar-refractivity contribution in [2.24, 2.45) is 0 Å². The monoisotopic (exact) mass is 233 g/mol. The fourth-order valence-electron chi connectivity index (χ4n) is 2.36. The maximum Gasteiger partial charge on any atom is 0.143 e. The summed E-state index contributed by atoms with van der Waals surface area (Å²) in [5.41, 5.74) is 2.57. The second kappa shape index (κ2) is 3.66. The first-order chi connectivity index (χ1) is 7.69. The number of nitrogens with zero attached hydrogens (tertiary/aromatic N) is 1. The van der Waals surface area contributed by atoms with Crippen molar-refractivity contribution in [1.29, 1.82) is 0 Å². The molecule has 0 aromatic heterocycles. The number of anilines is 1. The van der Waals surface area contributed by atoms with Crippen LogP contribution in [0.4, 0.5) is 5.69 Å². The van der Waals surface area contributed by atoms with Crippen LogP contribution in [0.2, 0.25) is 0 Å². The van der Waals surface area contributed by atoms with Gasteiger partial charge in [0.1, 0.15) is 11.4 Å². The summed E-state index contributed by atoms with van der Waals surface area (Å²) in [5, 5.41) is 0. The van der Waals surface area contributed by atoms with E-state index in [1.165, 1.54) is 11.3 Å². The number of ether oxygens (including phenoxy) is 1. The predicted molar refractivity (Wildman–Crippen MR) is 73.1 cm³/mol. The van der Waals surface area contributed by atoms with Crippen molar-refractivity contribution in [3.05, 3.63) is 23.8 Å². The summed E-state index contributed by atoms with van der Waals surface area (Å²) in [4.78, 5) is 2.27. The second-order valence-corrected chi connectivity index (χ2v) is 6.65. The summed E-state index contributed by atoms with van der Waals surface area (Å²) < 4.78 is 6.08. The Balaban J connectivity index is 2.45. The molecule has 2 rings (SSSR count). The van der Waals surface area contributed by atoms with Crippen molar-refractivity contribution in [2.75, 3.05) is 18.5 Å². The Bertz CT molecular complexity index is 429. The summed E-state index contributed by atoms with van der Waals surface area (Å²) in [7, 11) is 2.12. The first-order valence-electron chi connectivity index (χ1n) is 6.24. The van der Waals surface area contributed by atoms with Crippen LogP contribution in [0.5, 0.6) is 5.75 Å². The first-order valence-corrected chi connectivity index (χ1v) is 6.24. The van der Waals surface area contributed by atoms with Gasteiger partial charge in [-0.25, -0.2) is 0 Å². The van der Waals surface area contributed by atoms with Crippen molar-refractivity contribution in [1.82, 2.24) is 0 Å². The van der Waals surface area contributed by atoms with Gasteiger partial charge in [-0.15, -0.1) is 0 Å². The van der Waals surface area contributed by atoms with E-state index in [1.54, 1.807) is 0 Å². The minimum Gasteiger partial charge on any atom is -0.484 e. The number of benzene rings is 1. The summed E-state index contributed by atoms with van der Waals surface area (Å²) >= 11 is 0. The van der Waals surface area contributed by atoms with Gasteiger partial charge in [0, 0.05) is 7.05 Å². The van der Waals surface area contributed by atoms with Crippen LogP contribution in [-0.2, 0) is 5.41 Å². The molecule has 0 spiro atoms. The van der Waals surface area contributed by atoms with E-state index in [0.29, 0.717) is 0 Å². The molecule has 0 amide bonds. The van der Waals surface area contributed by atoms with Crippen molar-refractivity contribution in [3.63, 3.8) is 0 Å². The molecule has 1 aliphatic rings. The van der Waals surface area contributed by atoms with Crippen molar-refractivity contribution in [2.45, 2.75) is 45.6 Å². The topological polar surface area (TPSA) is 12.5 Å². The molecular formula is C15H23NO. The molecule has 0 bridgehead atoms. The van der Waals surface area contributed by atoms with Gasteiger partial charge in [-0.2, -0.15) is 0 Å². The maximum atomic E-state index is 6.08. The highest BCUT2D eigenvalue weighted by atomic mass is 16.5. The molecule has 2 heteroatoms. The largest absolute Gasteiger partial charge is 0.484 e. The van der Waals surface area contributed by atoms with Crippen molar-refractivity contribution >= 4 is 5.69 Å². The lowest BCUT2D eigenvalue weighted by atomic mass is 9.86. The van der Waals surface area contributed by atoms with Gasteiger partial charge in [0.05, 0.1) is 12.2 Å². The Kier molecular flexibility index (Phi) is 2.64. The second-order valence-electron chi connectivity index (χ2n) is 6.65. The van der Waals surface area contributed by atoms with Crippen LogP contribution in [0.25, 0.3) is 0 Å². The molecule has 0 fully saturated rings. The van der Waals surface area contributed by atoms with Crippen LogP contribution in [-0.4, -0.2) is 19.2 Å². The van der Waals surface area contributed by atoms with Gasteiger partial charge in [0.25, 0.3) is 0 Å². The zero-order valence-electron chi connectivity index (χ0n) is 11.8. The quantitative estimate of drug-likeness (QED) is 0.679. The molecule has 0 saturated heterocycles. The van der Waals surface area contributed by atoms with E-state index < -0.39 is 0 Å². The molecule has 0 unspecified atom stereocenters. The van der Waals surface area contributed by atoms with E-state index in [9.17, 15) is 0 Å². The molecule has 1 aromatic rings. The summed E-state index contributed by atoms with van der Waals surface area (Å²) in [6.45, 7) is 11.9. The molecule has 1 aromatic carbocycles. The SMILES string of the molecule is CN1CC(C)(C)Oc2cc(C(C)(C)C)ccc21. The molecule has 1 heterocycles. The number of rotatable bonds is 0. The third kappa shape index (κ3) is 2.41. The number of hydrogen-bond acceptors (Lipinski definition) is 2. The van der Waals surface area contributed by atoms with Crippen LogP contribution in [0.3, 0.4) is 0 Å². The fraction of sp³-hybridized carbons (Fsp3) is 0.600. The highest BCUT2D eigenvalue weighted by molar-refractivity contribution is 5.62. The van der Waals surface area contributed by atoms with Crippen LogP contribution < -0.4 is 9.64 Å². The number of likely N-dealkylation sites (N-methyl/N-ethyl adjacent to an activating group) is 1. The van der Waals surface area contributed by atoms with Crippen LogP contribution in [0, 0.1) is 0 Å². The summed E-state index contributed by atoms with van der Waals surface area (Å²) in [6.07, 6.45) is 0. The smallest absolute Gasteiger partial charge is 0.143 e. The zero-order valence-corrected chi connectivity index (χ0v) is 11.8. The molecule has 1 aliphatic heterocycles. The Labute approximate surface area is 105 Å². The fourth-order valence-corrected chi connectivity index (χ4v) is 2.36. The Morgan fingerprint density at radius 1 is 1.24 bits per heavy atom. The number of hydrogen-bond donors (Lipinski definition) is 0. The molecule has 0 atom stereocenters. The predicted octanol–water partition coefficient (Wildman–Crippen LogP) is 3.59. The average molecular weight is 233 g/mol. The molecule has 2 nitrogen and oxygen atoms in total. The van der Waals surface area contributed by atoms with E-state index in [2.05, 4.69) is 64.8 Å². The minimum absolute atomic E-state index is 0.113. The summed E-state index contributed by atoms with van der Waals surface area (Å²) in [6, 6.07) is 6.56. The Morgan fingerprint density at radius 3 is 2.47 bits per heavy atom. The van der Waals surface area contributed by atoms with Crippen LogP contribution >= 0.6 is 0 Å². The third-order valence-electron chi connectivity index (χ3n) is 3.24. The highest BCUT2D eigenvalue weighted by Crippen LogP contribution is 2.38. The maximum absolute atomic E-state index is 6.08. The third-order valence-corrected chi connectivity index (χ3v) is 3.24. The molecule has 0 radical (unpaired) electrons. The van der Waals surface area contributed by atoms with E-state index in [0.717, 1.165) is 12.3 Å². The molecule has 0 aliphatic carbocycles. The van der Waals surface area contributed by atoms with Crippen molar-refractivity contribution < 1.29 is 4.74 Å². The van der Waals surface area contributed by atoms with Gasteiger partial charge in [0.2, 0.25) is 0 Å². The lowest BCUT2D eigenvalue weighted by Gasteiger charge is -2.39. The van der Waals surface area contributed by atoms with Gasteiger partial charge in [-0.05, 0) is 37.0 Å². The van der Waals surface area contributed by atoms with Gasteiger partial charge >= 0.3 is 0 Å². The summed E-state index contributed by atoms with van der Waals surface area (Å²) in [5.74, 6) is 1.01. The Hall–Kier alpha value is -1.18. The Morgan fingerprint density at radius 2 is 1.88 bits per heavy atom. The van der Waals surface area contributed by atoms with E-state index in [-0.39, 0.29) is 11.0 Å². The highest BCUT2D eigenvalue weighted by Gasteiger charge is 2.30.